The third kappa shape index (κ3) is 5.75. The second kappa shape index (κ2) is 13.1. The van der Waals surface area contributed by atoms with E-state index in [-0.39, 0.29) is 4.90 Å². The number of halogens is 2. The molecule has 1 aliphatic heterocycles. The third-order valence-corrected chi connectivity index (χ3v) is 8.23. The van der Waals surface area contributed by atoms with Crippen LogP contribution in [0.3, 0.4) is 0 Å². The van der Waals surface area contributed by atoms with Gasteiger partial charge in [-0.3, -0.25) is 43.3 Å². The Kier molecular flexibility index (Phi) is 10.9. The van der Waals surface area contributed by atoms with E-state index in [9.17, 15) is 47.1 Å². The first-order valence-electron chi connectivity index (χ1n) is 14.0. The summed E-state index contributed by atoms with van der Waals surface area (Å²) in [6.45, 7) is 3.92. The summed E-state index contributed by atoms with van der Waals surface area (Å²) in [4.78, 5) is 108. The summed E-state index contributed by atoms with van der Waals surface area (Å²) in [6, 6.07) is -4.86. The average molecular weight is 631 g/mol. The molecular weight excluding hydrogens is 590 g/mol. The van der Waals surface area contributed by atoms with E-state index in [4.69, 9.17) is 21.9 Å². The van der Waals surface area contributed by atoms with Crippen LogP contribution in [0.15, 0.2) is 0 Å². The minimum Gasteiger partial charge on any atom is -0.369 e. The van der Waals surface area contributed by atoms with Crippen LogP contribution < -0.4 is 22.5 Å². The maximum absolute atomic E-state index is 14.9. The van der Waals surface area contributed by atoms with Gasteiger partial charge in [-0.25, -0.2) is 0 Å². The number of carbonyl (C=O) groups is 8. The van der Waals surface area contributed by atoms with Gasteiger partial charge in [-0.15, -0.1) is 0 Å². The standard InChI is InChI=1S/C27H40F2N6O9/c1-12(2)18(19(38)26(28,29)11-30)35(22(41)13(3)20(32)39)24(43)27-17(37)8-7-16(36)25(27,44-6)9-10-34(27)23(42)15(5)33-21(40)14(4)31/h12-15,18H,7-11,30-31H2,1-6H3,(H2,32,39)(H,33,40)/t13?,14-,15-,18?,25?,27+/m0/s1. The number of hydrogen-bond donors (Lipinski definition) is 4. The molecule has 0 bridgehead atoms. The van der Waals surface area contributed by atoms with Crippen molar-refractivity contribution < 1.29 is 51.9 Å². The number of methoxy groups -OCH3 is 1. The van der Waals surface area contributed by atoms with Crippen LogP contribution in [0.2, 0.25) is 0 Å². The summed E-state index contributed by atoms with van der Waals surface area (Å²) in [5.74, 6) is -17.7. The summed E-state index contributed by atoms with van der Waals surface area (Å²) in [5, 5.41) is 2.32. The smallest absolute Gasteiger partial charge is 0.319 e. The number of alkyl halides is 2. The topological polar surface area (TPSA) is 242 Å². The molecule has 44 heavy (non-hydrogen) atoms. The van der Waals surface area contributed by atoms with Crippen LogP contribution in [0, 0.1) is 11.8 Å². The normalized spacial score (nSPS) is 24.7. The number of ketones is 3. The Morgan fingerprint density at radius 3 is 2.05 bits per heavy atom. The molecule has 2 rings (SSSR count). The average Bonchev–Trinajstić information content (AvgIpc) is 3.33. The number of likely N-dealkylation sites (tertiary alicyclic amines) is 1. The fourth-order valence-corrected chi connectivity index (χ4v) is 5.75. The molecule has 17 heteroatoms. The van der Waals surface area contributed by atoms with Crippen molar-refractivity contribution in [3.05, 3.63) is 0 Å². The first-order valence-corrected chi connectivity index (χ1v) is 14.0. The Morgan fingerprint density at radius 2 is 1.59 bits per heavy atom. The lowest BCUT2D eigenvalue weighted by Gasteiger charge is -2.50. The molecule has 2 aliphatic rings. The molecular formula is C27H40F2N6O9. The molecule has 1 heterocycles. The van der Waals surface area contributed by atoms with Gasteiger partial charge >= 0.3 is 5.92 Å². The third-order valence-electron chi connectivity index (χ3n) is 8.23. The molecule has 0 aromatic heterocycles. The van der Waals surface area contributed by atoms with Gasteiger partial charge in [0.05, 0.1) is 12.6 Å². The van der Waals surface area contributed by atoms with Gasteiger partial charge in [-0.1, -0.05) is 13.8 Å². The van der Waals surface area contributed by atoms with Crippen molar-refractivity contribution in [2.24, 2.45) is 29.0 Å². The van der Waals surface area contributed by atoms with Crippen molar-refractivity contribution in [1.29, 1.82) is 0 Å². The number of carbonyl (C=O) groups excluding carboxylic acids is 8. The number of Topliss-reactive ketones (excluding diaryl/α,β-unsaturated/α-hetero) is 3. The first-order chi connectivity index (χ1) is 20.2. The summed E-state index contributed by atoms with van der Waals surface area (Å²) < 4.78 is 35.2. The first kappa shape index (κ1) is 36.5. The van der Waals surface area contributed by atoms with Gasteiger partial charge in [0, 0.05) is 32.9 Å². The predicted octanol–water partition coefficient (Wildman–Crippen LogP) is -2.21. The number of imide groups is 1. The molecule has 0 spiro atoms. The Hall–Kier alpha value is -3.70. The van der Waals surface area contributed by atoms with Crippen molar-refractivity contribution in [1.82, 2.24) is 15.1 Å². The predicted molar refractivity (Wildman–Crippen MR) is 147 cm³/mol. The minimum atomic E-state index is -4.28. The van der Waals surface area contributed by atoms with E-state index in [2.05, 4.69) is 5.32 Å². The van der Waals surface area contributed by atoms with Crippen LogP contribution >= 0.6 is 0 Å². The second-order valence-electron chi connectivity index (χ2n) is 11.4. The van der Waals surface area contributed by atoms with Crippen molar-refractivity contribution >= 4 is 46.9 Å². The van der Waals surface area contributed by atoms with Crippen molar-refractivity contribution in [3.63, 3.8) is 0 Å². The molecule has 6 atom stereocenters. The van der Waals surface area contributed by atoms with Gasteiger partial charge in [0.25, 0.3) is 5.91 Å². The van der Waals surface area contributed by atoms with E-state index < -0.39 is 126 Å². The molecule has 3 unspecified atom stereocenters. The Morgan fingerprint density at radius 1 is 1.05 bits per heavy atom. The van der Waals surface area contributed by atoms with Crippen molar-refractivity contribution in [2.45, 2.75) is 89.1 Å². The molecule has 0 aromatic carbocycles. The summed E-state index contributed by atoms with van der Waals surface area (Å²) in [7, 11) is 0.986. The van der Waals surface area contributed by atoms with Gasteiger partial charge in [0.2, 0.25) is 35.0 Å². The maximum Gasteiger partial charge on any atom is 0.319 e. The Bertz CT molecular complexity index is 1260. The number of rotatable bonds is 12. The van der Waals surface area contributed by atoms with Crippen LogP contribution in [0.5, 0.6) is 0 Å². The molecule has 1 saturated carbocycles. The number of nitrogens with two attached hydrogens (primary N) is 3. The van der Waals surface area contributed by atoms with E-state index in [1.54, 1.807) is 0 Å². The summed E-state index contributed by atoms with van der Waals surface area (Å²) >= 11 is 0. The molecule has 2 fully saturated rings. The quantitative estimate of drug-likeness (QED) is 0.168. The number of nitrogens with one attached hydrogen (secondary N) is 1. The van der Waals surface area contributed by atoms with Crippen LogP contribution in [-0.2, 0) is 43.1 Å². The number of hydrogen-bond acceptors (Lipinski definition) is 11. The van der Waals surface area contributed by atoms with Gasteiger partial charge < -0.3 is 32.2 Å². The Balaban J connectivity index is 2.99. The highest BCUT2D eigenvalue weighted by molar-refractivity contribution is 6.26. The maximum atomic E-state index is 14.9. The van der Waals surface area contributed by atoms with E-state index in [1.165, 1.54) is 27.7 Å². The van der Waals surface area contributed by atoms with Gasteiger partial charge in [0.15, 0.2) is 17.2 Å². The fourth-order valence-electron chi connectivity index (χ4n) is 5.75. The lowest BCUT2D eigenvalue weighted by Crippen LogP contribution is -2.79. The van der Waals surface area contributed by atoms with Crippen LogP contribution in [0.4, 0.5) is 8.78 Å². The molecule has 1 aliphatic carbocycles. The van der Waals surface area contributed by atoms with Crippen LogP contribution in [0.1, 0.15) is 53.9 Å². The number of amides is 5. The lowest BCUT2D eigenvalue weighted by atomic mass is 9.66. The number of nitrogens with zero attached hydrogens (tertiary/aromatic N) is 2. The Labute approximate surface area is 252 Å². The molecule has 0 radical (unpaired) electrons. The molecule has 1 saturated heterocycles. The van der Waals surface area contributed by atoms with Gasteiger partial charge in [-0.05, 0) is 26.7 Å². The van der Waals surface area contributed by atoms with Crippen LogP contribution in [0.25, 0.3) is 0 Å². The molecule has 7 N–H and O–H groups in total. The number of fused-ring (bicyclic) bond motifs is 1. The highest BCUT2D eigenvalue weighted by atomic mass is 19.3. The summed E-state index contributed by atoms with van der Waals surface area (Å²) in [6.07, 6.45) is -1.51. The fraction of sp³-hybridized carbons (Fsp3) is 0.704. The van der Waals surface area contributed by atoms with E-state index in [0.29, 0.717) is 4.90 Å². The molecule has 15 nitrogen and oxygen atoms in total. The van der Waals surface area contributed by atoms with Crippen LogP contribution in [-0.4, -0.2) is 112 Å². The number of primary amides is 1. The zero-order chi connectivity index (χ0) is 34.1. The molecule has 0 aromatic rings. The van der Waals surface area contributed by atoms with Crippen molar-refractivity contribution in [3.8, 4) is 0 Å². The second-order valence-corrected chi connectivity index (χ2v) is 11.4. The highest BCUT2D eigenvalue weighted by Crippen LogP contribution is 2.49. The highest BCUT2D eigenvalue weighted by Gasteiger charge is 2.76. The summed E-state index contributed by atoms with van der Waals surface area (Å²) in [5.41, 5.74) is 10.6. The lowest BCUT2D eigenvalue weighted by molar-refractivity contribution is -0.188. The molecule has 246 valence electrons. The van der Waals surface area contributed by atoms with Gasteiger partial charge in [0.1, 0.15) is 18.0 Å². The zero-order valence-corrected chi connectivity index (χ0v) is 25.5. The van der Waals surface area contributed by atoms with E-state index in [1.807, 2.05) is 0 Å². The SMILES string of the molecule is COC12CCN(C(=O)[C@H](C)NC(=O)[C@H](C)N)[C@@]1(C(=O)N(C(=O)C(C)C(N)=O)C(C(=O)C(F)(F)CN)C(C)C)C(=O)CCC2=O. The van der Waals surface area contributed by atoms with Crippen molar-refractivity contribution in [2.75, 3.05) is 20.2 Å². The minimum absolute atomic E-state index is 0.0209. The van der Waals surface area contributed by atoms with Gasteiger partial charge in [-0.2, -0.15) is 8.78 Å². The van der Waals surface area contributed by atoms with E-state index in [0.717, 1.165) is 14.0 Å². The zero-order valence-electron chi connectivity index (χ0n) is 25.5. The monoisotopic (exact) mass is 630 g/mol. The van der Waals surface area contributed by atoms with E-state index >= 15 is 0 Å². The molecule has 5 amide bonds. The largest absolute Gasteiger partial charge is 0.369 e. The number of ether oxygens (including phenoxy) is 1.